The van der Waals surface area contributed by atoms with Crippen LogP contribution in [0.4, 0.5) is 4.79 Å². The number of carbonyl (C=O) groups is 2. The molecular weight excluding hydrogens is 312 g/mol. The van der Waals surface area contributed by atoms with Gasteiger partial charge in [-0.1, -0.05) is 30.3 Å². The summed E-state index contributed by atoms with van der Waals surface area (Å²) in [5, 5.41) is 2.96. The summed E-state index contributed by atoms with van der Waals surface area (Å²) >= 11 is 0. The van der Waals surface area contributed by atoms with Crippen molar-refractivity contribution in [1.29, 1.82) is 0 Å². The van der Waals surface area contributed by atoms with E-state index in [1.165, 1.54) is 4.90 Å². The molecule has 2 aliphatic rings. The third kappa shape index (κ3) is 4.46. The van der Waals surface area contributed by atoms with Crippen LogP contribution in [0.5, 0.6) is 0 Å². The van der Waals surface area contributed by atoms with Gasteiger partial charge in [-0.3, -0.25) is 9.69 Å². The van der Waals surface area contributed by atoms with Crippen molar-refractivity contribution in [3.05, 3.63) is 35.9 Å². The van der Waals surface area contributed by atoms with Gasteiger partial charge in [-0.2, -0.15) is 0 Å². The molecule has 2 fully saturated rings. The zero-order valence-corrected chi connectivity index (χ0v) is 13.5. The van der Waals surface area contributed by atoms with Gasteiger partial charge in [-0.05, 0) is 12.0 Å². The van der Waals surface area contributed by atoms with Crippen molar-refractivity contribution in [1.82, 2.24) is 10.2 Å². The summed E-state index contributed by atoms with van der Waals surface area (Å²) in [7, 11) is 0. The molecule has 1 aromatic rings. The number of ether oxygens (including phenoxy) is 3. The maximum Gasteiger partial charge on any atom is 0.410 e. The Morgan fingerprint density at radius 2 is 2.12 bits per heavy atom. The van der Waals surface area contributed by atoms with Crippen LogP contribution in [-0.4, -0.2) is 62.0 Å². The van der Waals surface area contributed by atoms with Gasteiger partial charge < -0.3 is 19.5 Å². The largest absolute Gasteiger partial charge is 0.448 e. The normalized spacial score (nSPS) is 23.8. The predicted octanol–water partition coefficient (Wildman–Crippen LogP) is 0.929. The third-order valence-electron chi connectivity index (χ3n) is 4.14. The smallest absolute Gasteiger partial charge is 0.410 e. The van der Waals surface area contributed by atoms with Gasteiger partial charge in [0.1, 0.15) is 19.3 Å². The van der Waals surface area contributed by atoms with Crippen molar-refractivity contribution < 1.29 is 23.8 Å². The topological polar surface area (TPSA) is 77.1 Å². The Hall–Kier alpha value is -2.12. The molecule has 2 unspecified atom stereocenters. The van der Waals surface area contributed by atoms with Gasteiger partial charge in [0.25, 0.3) is 0 Å². The Morgan fingerprint density at radius 1 is 1.29 bits per heavy atom. The van der Waals surface area contributed by atoms with Gasteiger partial charge in [0, 0.05) is 6.61 Å². The molecule has 0 aromatic heterocycles. The number of benzene rings is 1. The minimum absolute atomic E-state index is 0.0155. The molecule has 7 nitrogen and oxygen atoms in total. The highest BCUT2D eigenvalue weighted by atomic mass is 16.6. The van der Waals surface area contributed by atoms with Gasteiger partial charge >= 0.3 is 6.09 Å². The standard InChI is InChI=1S/C17H22N2O5/c20-16(10-19-7-9-23-17(19)21)18-14-6-8-22-12-15(14)24-11-13-4-2-1-3-5-13/h1-5,14-15H,6-12H2,(H,18,20). The summed E-state index contributed by atoms with van der Waals surface area (Å²) in [5.41, 5.74) is 1.08. The molecule has 3 rings (SSSR count). The molecule has 0 aliphatic carbocycles. The minimum atomic E-state index is -0.436. The zero-order chi connectivity index (χ0) is 16.8. The molecule has 24 heavy (non-hydrogen) atoms. The Labute approximate surface area is 140 Å². The Balaban J connectivity index is 1.50. The van der Waals surface area contributed by atoms with E-state index in [4.69, 9.17) is 14.2 Å². The van der Waals surface area contributed by atoms with E-state index in [9.17, 15) is 9.59 Å². The first-order valence-electron chi connectivity index (χ1n) is 8.17. The van der Waals surface area contributed by atoms with Gasteiger partial charge in [-0.25, -0.2) is 4.79 Å². The molecule has 2 atom stereocenters. The van der Waals surface area contributed by atoms with Crippen LogP contribution in [0.25, 0.3) is 0 Å². The van der Waals surface area contributed by atoms with Gasteiger partial charge in [0.2, 0.25) is 5.91 Å². The molecule has 0 saturated carbocycles. The molecule has 2 heterocycles. The van der Waals surface area contributed by atoms with Crippen LogP contribution in [0.15, 0.2) is 30.3 Å². The Bertz CT molecular complexity index is 565. The van der Waals surface area contributed by atoms with Crippen LogP contribution < -0.4 is 5.32 Å². The lowest BCUT2D eigenvalue weighted by Crippen LogP contribution is -2.52. The third-order valence-corrected chi connectivity index (χ3v) is 4.14. The highest BCUT2D eigenvalue weighted by molar-refractivity contribution is 5.83. The van der Waals surface area contributed by atoms with E-state index < -0.39 is 6.09 Å². The summed E-state index contributed by atoms with van der Waals surface area (Å²) in [6, 6.07) is 9.76. The highest BCUT2D eigenvalue weighted by Crippen LogP contribution is 2.14. The number of rotatable bonds is 6. The first-order valence-corrected chi connectivity index (χ1v) is 8.17. The highest BCUT2D eigenvalue weighted by Gasteiger charge is 2.30. The fourth-order valence-corrected chi connectivity index (χ4v) is 2.81. The quantitative estimate of drug-likeness (QED) is 0.837. The average molecular weight is 334 g/mol. The molecule has 2 saturated heterocycles. The number of carbonyl (C=O) groups excluding carboxylic acids is 2. The molecule has 7 heteroatoms. The van der Waals surface area contributed by atoms with Crippen molar-refractivity contribution in [2.45, 2.75) is 25.2 Å². The summed E-state index contributed by atoms with van der Waals surface area (Å²) in [4.78, 5) is 25.0. The number of amides is 2. The minimum Gasteiger partial charge on any atom is -0.448 e. The average Bonchev–Trinajstić information content (AvgIpc) is 3.00. The number of cyclic esters (lactones) is 1. The molecule has 2 amide bonds. The van der Waals surface area contributed by atoms with E-state index in [1.807, 2.05) is 30.3 Å². The summed E-state index contributed by atoms with van der Waals surface area (Å²) < 4.78 is 16.2. The number of hydrogen-bond acceptors (Lipinski definition) is 5. The molecule has 1 aromatic carbocycles. The Morgan fingerprint density at radius 3 is 2.88 bits per heavy atom. The summed E-state index contributed by atoms with van der Waals surface area (Å²) in [6.07, 6.45) is 0.0535. The van der Waals surface area contributed by atoms with Gasteiger partial charge in [-0.15, -0.1) is 0 Å². The van der Waals surface area contributed by atoms with Crippen LogP contribution in [0.3, 0.4) is 0 Å². The number of nitrogens with one attached hydrogen (secondary N) is 1. The van der Waals surface area contributed by atoms with Crippen LogP contribution in [-0.2, 0) is 25.6 Å². The molecule has 0 bridgehead atoms. The lowest BCUT2D eigenvalue weighted by atomic mass is 10.1. The second-order valence-electron chi connectivity index (χ2n) is 5.91. The van der Waals surface area contributed by atoms with Crippen molar-refractivity contribution in [3.63, 3.8) is 0 Å². The van der Waals surface area contributed by atoms with Crippen LogP contribution in [0.1, 0.15) is 12.0 Å². The monoisotopic (exact) mass is 334 g/mol. The van der Waals surface area contributed by atoms with Crippen molar-refractivity contribution in [3.8, 4) is 0 Å². The number of hydrogen-bond donors (Lipinski definition) is 1. The van der Waals surface area contributed by atoms with Crippen molar-refractivity contribution >= 4 is 12.0 Å². The van der Waals surface area contributed by atoms with E-state index >= 15 is 0 Å². The Kier molecular flexibility index (Phi) is 5.66. The molecule has 1 N–H and O–H groups in total. The first-order chi connectivity index (χ1) is 11.7. The van der Waals surface area contributed by atoms with E-state index in [0.717, 1.165) is 5.56 Å². The maximum absolute atomic E-state index is 12.2. The van der Waals surface area contributed by atoms with Crippen molar-refractivity contribution in [2.75, 3.05) is 32.9 Å². The van der Waals surface area contributed by atoms with Gasteiger partial charge in [0.15, 0.2) is 0 Å². The fraction of sp³-hybridized carbons (Fsp3) is 0.529. The molecule has 0 spiro atoms. The summed E-state index contributed by atoms with van der Waals surface area (Å²) in [5.74, 6) is -0.200. The maximum atomic E-state index is 12.2. The van der Waals surface area contributed by atoms with E-state index in [1.54, 1.807) is 0 Å². The molecule has 2 aliphatic heterocycles. The lowest BCUT2D eigenvalue weighted by Gasteiger charge is -2.32. The predicted molar refractivity (Wildman–Crippen MR) is 85.3 cm³/mol. The SMILES string of the molecule is O=C(CN1CCOC1=O)NC1CCOCC1OCc1ccccc1. The number of nitrogens with zero attached hydrogens (tertiary/aromatic N) is 1. The van der Waals surface area contributed by atoms with Crippen LogP contribution >= 0.6 is 0 Å². The van der Waals surface area contributed by atoms with E-state index in [2.05, 4.69) is 5.32 Å². The zero-order valence-electron chi connectivity index (χ0n) is 13.5. The first kappa shape index (κ1) is 16.7. The van der Waals surface area contributed by atoms with Crippen molar-refractivity contribution in [2.24, 2.45) is 0 Å². The second-order valence-corrected chi connectivity index (χ2v) is 5.91. The van der Waals surface area contributed by atoms with Crippen LogP contribution in [0.2, 0.25) is 0 Å². The molecular formula is C17H22N2O5. The molecule has 0 radical (unpaired) electrons. The van der Waals surface area contributed by atoms with E-state index in [0.29, 0.717) is 39.4 Å². The molecule has 130 valence electrons. The summed E-state index contributed by atoms with van der Waals surface area (Å²) in [6.45, 7) is 2.31. The van der Waals surface area contributed by atoms with Crippen LogP contribution in [0, 0.1) is 0 Å². The fourth-order valence-electron chi connectivity index (χ4n) is 2.81. The van der Waals surface area contributed by atoms with Gasteiger partial charge in [0.05, 0.1) is 25.8 Å². The van der Waals surface area contributed by atoms with E-state index in [-0.39, 0.29) is 24.6 Å². The lowest BCUT2D eigenvalue weighted by molar-refractivity contribution is -0.127. The second kappa shape index (κ2) is 8.12.